The SMILES string of the molecule is C#Cc1nc(N2CCC(F)(F)CC2)cs1. The first-order valence-corrected chi connectivity index (χ1v) is 5.54. The van der Waals surface area contributed by atoms with Crippen LogP contribution >= 0.6 is 11.3 Å². The van der Waals surface area contributed by atoms with Gasteiger partial charge in [-0.1, -0.05) is 0 Å². The predicted molar refractivity (Wildman–Crippen MR) is 56.4 cm³/mol. The first-order chi connectivity index (χ1) is 7.11. The van der Waals surface area contributed by atoms with Crippen LogP contribution in [0.5, 0.6) is 0 Å². The molecule has 2 nitrogen and oxygen atoms in total. The van der Waals surface area contributed by atoms with Crippen LogP contribution < -0.4 is 4.90 Å². The fraction of sp³-hybridized carbons (Fsp3) is 0.500. The topological polar surface area (TPSA) is 16.1 Å². The number of rotatable bonds is 1. The molecule has 80 valence electrons. The molecule has 0 atom stereocenters. The summed E-state index contributed by atoms with van der Waals surface area (Å²) in [5, 5.41) is 2.42. The van der Waals surface area contributed by atoms with Gasteiger partial charge in [-0.3, -0.25) is 0 Å². The van der Waals surface area contributed by atoms with Gasteiger partial charge in [-0.05, 0) is 5.92 Å². The van der Waals surface area contributed by atoms with Gasteiger partial charge >= 0.3 is 0 Å². The van der Waals surface area contributed by atoms with Crippen LogP contribution in [0, 0.1) is 12.3 Å². The van der Waals surface area contributed by atoms with Crippen molar-refractivity contribution < 1.29 is 8.78 Å². The summed E-state index contributed by atoms with van der Waals surface area (Å²) in [5.41, 5.74) is 0. The molecule has 1 aromatic heterocycles. The summed E-state index contributed by atoms with van der Waals surface area (Å²) in [6.45, 7) is 0.696. The number of anilines is 1. The van der Waals surface area contributed by atoms with Gasteiger partial charge in [0.05, 0.1) is 0 Å². The second-order valence-corrected chi connectivity index (χ2v) is 4.36. The molecular formula is C10H10F2N2S. The maximum atomic E-state index is 12.9. The summed E-state index contributed by atoms with van der Waals surface area (Å²) < 4.78 is 25.8. The molecule has 15 heavy (non-hydrogen) atoms. The smallest absolute Gasteiger partial charge is 0.251 e. The van der Waals surface area contributed by atoms with Gasteiger partial charge < -0.3 is 4.90 Å². The highest BCUT2D eigenvalue weighted by Crippen LogP contribution is 2.30. The molecule has 0 aromatic carbocycles. The lowest BCUT2D eigenvalue weighted by molar-refractivity contribution is -0.0221. The van der Waals surface area contributed by atoms with Crippen LogP contribution in [0.3, 0.4) is 0 Å². The van der Waals surface area contributed by atoms with Crippen LogP contribution in [0.1, 0.15) is 17.8 Å². The first kappa shape index (κ1) is 10.4. The van der Waals surface area contributed by atoms with Gasteiger partial charge in [0.2, 0.25) is 0 Å². The second-order valence-electron chi connectivity index (χ2n) is 3.50. The molecule has 0 saturated carbocycles. The molecule has 0 amide bonds. The molecule has 0 N–H and O–H groups in total. The molecular weight excluding hydrogens is 218 g/mol. The van der Waals surface area contributed by atoms with Gasteiger partial charge in [0.1, 0.15) is 5.82 Å². The Kier molecular flexibility index (Phi) is 2.61. The molecule has 0 radical (unpaired) electrons. The van der Waals surface area contributed by atoms with Crippen molar-refractivity contribution in [3.8, 4) is 12.3 Å². The van der Waals surface area contributed by atoms with Crippen LogP contribution in [-0.4, -0.2) is 24.0 Å². The van der Waals surface area contributed by atoms with E-state index in [-0.39, 0.29) is 12.8 Å². The molecule has 0 aliphatic carbocycles. The molecule has 0 unspecified atom stereocenters. The Morgan fingerprint density at radius 1 is 1.47 bits per heavy atom. The summed E-state index contributed by atoms with van der Waals surface area (Å²) in [5.74, 6) is 0.648. The molecule has 1 saturated heterocycles. The molecule has 1 aliphatic heterocycles. The van der Waals surface area contributed by atoms with Gasteiger partial charge in [0.15, 0.2) is 5.01 Å². The highest BCUT2D eigenvalue weighted by molar-refractivity contribution is 7.10. The Bertz CT molecular complexity index is 384. The average molecular weight is 228 g/mol. The molecule has 5 heteroatoms. The van der Waals surface area contributed by atoms with Crippen LogP contribution in [0.4, 0.5) is 14.6 Å². The van der Waals surface area contributed by atoms with E-state index in [1.54, 1.807) is 0 Å². The number of aromatic nitrogens is 1. The van der Waals surface area contributed by atoms with Crippen LogP contribution in [-0.2, 0) is 0 Å². The predicted octanol–water partition coefficient (Wildman–Crippen LogP) is 2.36. The number of piperidine rings is 1. The molecule has 0 spiro atoms. The molecule has 2 rings (SSSR count). The van der Waals surface area contributed by atoms with E-state index in [0.717, 1.165) is 5.82 Å². The Morgan fingerprint density at radius 3 is 2.67 bits per heavy atom. The lowest BCUT2D eigenvalue weighted by Gasteiger charge is -2.31. The van der Waals surface area contributed by atoms with E-state index >= 15 is 0 Å². The number of nitrogens with zero attached hydrogens (tertiary/aromatic N) is 2. The van der Waals surface area contributed by atoms with E-state index in [1.807, 2.05) is 10.3 Å². The van der Waals surface area contributed by atoms with Gasteiger partial charge in [-0.25, -0.2) is 13.8 Å². The second kappa shape index (κ2) is 3.78. The third kappa shape index (κ3) is 2.26. The van der Waals surface area contributed by atoms with Gasteiger partial charge in [-0.2, -0.15) is 0 Å². The minimum absolute atomic E-state index is 0.101. The zero-order valence-electron chi connectivity index (χ0n) is 8.04. The van der Waals surface area contributed by atoms with Crippen molar-refractivity contribution in [2.24, 2.45) is 0 Å². The first-order valence-electron chi connectivity index (χ1n) is 4.66. The van der Waals surface area contributed by atoms with Crippen molar-refractivity contribution in [1.82, 2.24) is 4.98 Å². The minimum atomic E-state index is -2.51. The van der Waals surface area contributed by atoms with Crippen molar-refractivity contribution in [3.05, 3.63) is 10.4 Å². The van der Waals surface area contributed by atoms with E-state index in [0.29, 0.717) is 18.1 Å². The number of hydrogen-bond donors (Lipinski definition) is 0. The summed E-state index contributed by atoms with van der Waals surface area (Å²) >= 11 is 1.37. The van der Waals surface area contributed by atoms with E-state index in [9.17, 15) is 8.78 Å². The van der Waals surface area contributed by atoms with E-state index in [4.69, 9.17) is 6.42 Å². The maximum absolute atomic E-state index is 12.9. The van der Waals surface area contributed by atoms with E-state index in [1.165, 1.54) is 11.3 Å². The normalized spacial score (nSPS) is 19.9. The monoisotopic (exact) mass is 228 g/mol. The zero-order valence-corrected chi connectivity index (χ0v) is 8.86. The summed E-state index contributed by atoms with van der Waals surface area (Å²) in [7, 11) is 0. The lowest BCUT2D eigenvalue weighted by Crippen LogP contribution is -2.39. The molecule has 2 heterocycles. The van der Waals surface area contributed by atoms with Crippen LogP contribution in [0.15, 0.2) is 5.38 Å². The summed E-state index contributed by atoms with van der Waals surface area (Å²) in [4.78, 5) is 6.02. The Balaban J connectivity index is 2.05. The van der Waals surface area contributed by atoms with Gasteiger partial charge in [0, 0.05) is 31.3 Å². The molecule has 1 fully saturated rings. The van der Waals surface area contributed by atoms with E-state index in [2.05, 4.69) is 10.9 Å². The molecule has 1 aliphatic rings. The number of alkyl halides is 2. The lowest BCUT2D eigenvalue weighted by atomic mass is 10.1. The fourth-order valence-electron chi connectivity index (χ4n) is 1.54. The number of hydrogen-bond acceptors (Lipinski definition) is 3. The highest BCUT2D eigenvalue weighted by Gasteiger charge is 2.34. The molecule has 1 aromatic rings. The Morgan fingerprint density at radius 2 is 2.13 bits per heavy atom. The van der Waals surface area contributed by atoms with Crippen LogP contribution in [0.25, 0.3) is 0 Å². The number of halogens is 2. The van der Waals surface area contributed by atoms with Crippen molar-refractivity contribution in [2.45, 2.75) is 18.8 Å². The standard InChI is InChI=1S/C10H10F2N2S/c1-2-9-13-8(7-15-9)14-5-3-10(11,12)4-6-14/h1,7H,3-6H2. The van der Waals surface area contributed by atoms with Crippen molar-refractivity contribution in [2.75, 3.05) is 18.0 Å². The molecule has 0 bridgehead atoms. The van der Waals surface area contributed by atoms with Crippen molar-refractivity contribution >= 4 is 17.2 Å². The fourth-order valence-corrected chi connectivity index (χ4v) is 2.17. The number of terminal acetylenes is 1. The highest BCUT2D eigenvalue weighted by atomic mass is 32.1. The Labute approximate surface area is 90.9 Å². The van der Waals surface area contributed by atoms with Crippen LogP contribution in [0.2, 0.25) is 0 Å². The zero-order chi connectivity index (χ0) is 10.9. The quantitative estimate of drug-likeness (QED) is 0.686. The van der Waals surface area contributed by atoms with Crippen molar-refractivity contribution in [3.63, 3.8) is 0 Å². The third-order valence-electron chi connectivity index (χ3n) is 2.43. The summed E-state index contributed by atoms with van der Waals surface area (Å²) in [6, 6.07) is 0. The third-order valence-corrected chi connectivity index (χ3v) is 3.20. The largest absolute Gasteiger partial charge is 0.355 e. The van der Waals surface area contributed by atoms with E-state index < -0.39 is 5.92 Å². The maximum Gasteiger partial charge on any atom is 0.251 e. The van der Waals surface area contributed by atoms with Gasteiger partial charge in [-0.15, -0.1) is 17.8 Å². The minimum Gasteiger partial charge on any atom is -0.355 e. The number of thiazole rings is 1. The summed E-state index contributed by atoms with van der Waals surface area (Å²) in [6.07, 6.45) is 4.99. The Hall–Kier alpha value is -1.15. The average Bonchev–Trinajstić information content (AvgIpc) is 2.66. The van der Waals surface area contributed by atoms with Crippen molar-refractivity contribution in [1.29, 1.82) is 0 Å². The van der Waals surface area contributed by atoms with Gasteiger partial charge in [0.25, 0.3) is 5.92 Å².